The fourth-order valence-electron chi connectivity index (χ4n) is 6.41. The SMILES string of the molecule is CC(C)[Si](Oc1c(C(=O)NCCC2CC=CCC2)nc(N(C)C(=O)C(=O)N(C)C)c2c(C(=O)O)ccnc12)(C(C)C)C(C)C. The molecule has 0 saturated heterocycles. The van der Waals surface area contributed by atoms with E-state index < -0.39 is 32.0 Å². The van der Waals surface area contributed by atoms with Crippen molar-refractivity contribution in [3.63, 3.8) is 0 Å². The van der Waals surface area contributed by atoms with Crippen LogP contribution in [0.15, 0.2) is 24.4 Å². The van der Waals surface area contributed by atoms with Crippen molar-refractivity contribution in [3.05, 3.63) is 35.7 Å². The minimum absolute atomic E-state index is 0.0158. The monoisotopic (exact) mass is 625 g/mol. The van der Waals surface area contributed by atoms with Gasteiger partial charge in [-0.3, -0.25) is 24.3 Å². The number of likely N-dealkylation sites (N-methyl/N-ethyl adjacent to an activating group) is 2. The van der Waals surface area contributed by atoms with Gasteiger partial charge in [-0.2, -0.15) is 0 Å². The molecule has 2 N–H and O–H groups in total. The van der Waals surface area contributed by atoms with Gasteiger partial charge in [-0.25, -0.2) is 9.78 Å². The number of hydrogen-bond donors (Lipinski definition) is 2. The van der Waals surface area contributed by atoms with Crippen molar-refractivity contribution in [2.24, 2.45) is 5.92 Å². The molecule has 44 heavy (non-hydrogen) atoms. The van der Waals surface area contributed by atoms with E-state index in [1.54, 1.807) is 0 Å². The van der Waals surface area contributed by atoms with Gasteiger partial charge in [0, 0.05) is 33.9 Å². The predicted octanol–water partition coefficient (Wildman–Crippen LogP) is 5.41. The van der Waals surface area contributed by atoms with Gasteiger partial charge >= 0.3 is 17.8 Å². The lowest BCUT2D eigenvalue weighted by Gasteiger charge is -2.42. The van der Waals surface area contributed by atoms with Crippen LogP contribution in [0.5, 0.6) is 5.75 Å². The van der Waals surface area contributed by atoms with E-state index >= 15 is 0 Å². The Bertz CT molecular complexity index is 1420. The third-order valence-electron chi connectivity index (χ3n) is 8.68. The Hall–Kier alpha value is -3.80. The Kier molecular flexibility index (Phi) is 11.3. The second-order valence-corrected chi connectivity index (χ2v) is 18.1. The van der Waals surface area contributed by atoms with Gasteiger partial charge in [0.05, 0.1) is 10.9 Å². The summed E-state index contributed by atoms with van der Waals surface area (Å²) in [4.78, 5) is 63.6. The third-order valence-corrected chi connectivity index (χ3v) is 14.7. The third kappa shape index (κ3) is 6.95. The zero-order chi connectivity index (χ0) is 32.9. The molecule has 3 amide bonds. The van der Waals surface area contributed by atoms with E-state index in [-0.39, 0.29) is 50.4 Å². The van der Waals surface area contributed by atoms with Crippen molar-refractivity contribution in [3.8, 4) is 5.75 Å². The van der Waals surface area contributed by atoms with Crippen LogP contribution < -0.4 is 14.6 Å². The first-order valence-electron chi connectivity index (χ1n) is 15.3. The summed E-state index contributed by atoms with van der Waals surface area (Å²) in [5.74, 6) is -3.16. The summed E-state index contributed by atoms with van der Waals surface area (Å²) in [5, 5.41) is 13.2. The van der Waals surface area contributed by atoms with E-state index in [0.717, 1.165) is 35.5 Å². The molecule has 3 rings (SSSR count). The number of allylic oxidation sites excluding steroid dienone is 2. The fraction of sp³-hybridized carbons (Fsp3) is 0.562. The van der Waals surface area contributed by atoms with Crippen LogP contribution in [0, 0.1) is 5.92 Å². The Morgan fingerprint density at radius 3 is 2.18 bits per heavy atom. The predicted molar refractivity (Wildman–Crippen MR) is 174 cm³/mol. The van der Waals surface area contributed by atoms with Crippen molar-refractivity contribution < 1.29 is 28.7 Å². The fourth-order valence-corrected chi connectivity index (χ4v) is 11.7. The molecule has 1 atom stereocenters. The number of nitrogens with zero attached hydrogens (tertiary/aromatic N) is 4. The van der Waals surface area contributed by atoms with Crippen LogP contribution in [0.3, 0.4) is 0 Å². The van der Waals surface area contributed by atoms with E-state index in [1.807, 2.05) is 0 Å². The van der Waals surface area contributed by atoms with E-state index in [1.165, 1.54) is 33.4 Å². The molecule has 1 aliphatic rings. The molecule has 0 saturated carbocycles. The van der Waals surface area contributed by atoms with Gasteiger partial charge in [-0.05, 0) is 54.3 Å². The first-order chi connectivity index (χ1) is 20.6. The Labute approximate surface area is 261 Å². The van der Waals surface area contributed by atoms with Crippen molar-refractivity contribution in [2.75, 3.05) is 32.6 Å². The maximum Gasteiger partial charge on any atom is 0.336 e. The van der Waals surface area contributed by atoms with Gasteiger partial charge in [0.2, 0.25) is 0 Å². The number of aromatic carboxylic acids is 1. The number of aromatic nitrogens is 2. The van der Waals surface area contributed by atoms with Crippen LogP contribution in [-0.2, 0) is 9.59 Å². The molecule has 11 nitrogen and oxygen atoms in total. The topological polar surface area (TPSA) is 142 Å². The second kappa shape index (κ2) is 14.3. The van der Waals surface area contributed by atoms with Crippen LogP contribution in [0.4, 0.5) is 5.82 Å². The number of carbonyl (C=O) groups excluding carboxylic acids is 3. The number of anilines is 1. The van der Waals surface area contributed by atoms with E-state index in [9.17, 15) is 24.3 Å². The summed E-state index contributed by atoms with van der Waals surface area (Å²) in [6.07, 6.45) is 9.50. The average Bonchev–Trinajstić information content (AvgIpc) is 2.97. The highest BCUT2D eigenvalue weighted by atomic mass is 28.4. The van der Waals surface area contributed by atoms with Gasteiger partial charge < -0.3 is 19.7 Å². The molecule has 0 radical (unpaired) electrons. The number of amides is 3. The number of nitrogens with one attached hydrogen (secondary N) is 1. The van der Waals surface area contributed by atoms with Gasteiger partial charge in [-0.1, -0.05) is 53.7 Å². The van der Waals surface area contributed by atoms with Crippen LogP contribution in [-0.4, -0.2) is 79.7 Å². The molecule has 2 aromatic heterocycles. The van der Waals surface area contributed by atoms with E-state index in [0.29, 0.717) is 12.5 Å². The summed E-state index contributed by atoms with van der Waals surface area (Å²) in [6.45, 7) is 13.0. The molecular formula is C32H47N5O6Si. The Balaban J connectivity index is 2.31. The van der Waals surface area contributed by atoms with Crippen molar-refractivity contribution in [2.45, 2.75) is 83.8 Å². The average molecular weight is 626 g/mol. The van der Waals surface area contributed by atoms with Crippen LogP contribution >= 0.6 is 0 Å². The van der Waals surface area contributed by atoms with Crippen LogP contribution in [0.25, 0.3) is 10.9 Å². The molecule has 240 valence electrons. The van der Waals surface area contributed by atoms with Gasteiger partial charge in [-0.15, -0.1) is 0 Å². The minimum atomic E-state index is -2.72. The lowest BCUT2D eigenvalue weighted by atomic mass is 9.91. The van der Waals surface area contributed by atoms with E-state index in [2.05, 4.69) is 69.0 Å². The number of carboxylic acid groups (broad SMARTS) is 1. The first kappa shape index (κ1) is 34.7. The molecule has 0 bridgehead atoms. The summed E-state index contributed by atoms with van der Waals surface area (Å²) < 4.78 is 7.04. The zero-order valence-corrected chi connectivity index (χ0v) is 28.4. The molecule has 0 spiro atoms. The molecule has 2 heterocycles. The van der Waals surface area contributed by atoms with E-state index in [4.69, 9.17) is 4.43 Å². The Morgan fingerprint density at radius 2 is 1.66 bits per heavy atom. The molecular weight excluding hydrogens is 578 g/mol. The summed E-state index contributed by atoms with van der Waals surface area (Å²) in [6, 6.07) is 1.31. The summed E-state index contributed by atoms with van der Waals surface area (Å²) in [7, 11) is 1.49. The lowest BCUT2D eigenvalue weighted by Crippen LogP contribution is -2.51. The summed E-state index contributed by atoms with van der Waals surface area (Å²) in [5.41, 5.74) is 0.198. The number of fused-ring (bicyclic) bond motifs is 1. The highest BCUT2D eigenvalue weighted by Gasteiger charge is 2.48. The quantitative estimate of drug-likeness (QED) is 0.192. The van der Waals surface area contributed by atoms with Gasteiger partial charge in [0.1, 0.15) is 11.3 Å². The Morgan fingerprint density at radius 1 is 1.02 bits per heavy atom. The zero-order valence-electron chi connectivity index (χ0n) is 27.4. The molecule has 12 heteroatoms. The van der Waals surface area contributed by atoms with Crippen molar-refractivity contribution in [1.29, 1.82) is 0 Å². The largest absolute Gasteiger partial charge is 0.540 e. The molecule has 0 aliphatic heterocycles. The first-order valence-corrected chi connectivity index (χ1v) is 17.5. The normalized spacial score (nSPS) is 15.1. The highest BCUT2D eigenvalue weighted by Crippen LogP contribution is 2.46. The molecule has 1 unspecified atom stereocenters. The minimum Gasteiger partial charge on any atom is -0.540 e. The molecule has 1 aliphatic carbocycles. The number of carboxylic acids is 1. The van der Waals surface area contributed by atoms with Crippen LogP contribution in [0.2, 0.25) is 16.6 Å². The maximum absolute atomic E-state index is 14.0. The number of rotatable bonds is 11. The number of pyridine rings is 2. The van der Waals surface area contributed by atoms with Gasteiger partial charge in [0.25, 0.3) is 14.2 Å². The van der Waals surface area contributed by atoms with Crippen molar-refractivity contribution in [1.82, 2.24) is 20.2 Å². The number of hydrogen-bond acceptors (Lipinski definition) is 7. The molecule has 0 aromatic carbocycles. The van der Waals surface area contributed by atoms with Crippen molar-refractivity contribution >= 4 is 48.7 Å². The van der Waals surface area contributed by atoms with Gasteiger partial charge in [0.15, 0.2) is 11.4 Å². The second-order valence-electron chi connectivity index (χ2n) is 12.7. The molecule has 0 fully saturated rings. The standard InChI is InChI=1S/C32H47N5O6Si/c1-19(2)44(20(3)4,21(5)6)43-27-25-24(23(32(41)42)16-18-33-25)28(37(9)31(40)30(39)36(7)8)35-26(27)29(38)34-17-15-22-13-11-10-12-14-22/h10-11,16,18-22H,12-15,17H2,1-9H3,(H,34,38)(H,41,42). The maximum atomic E-state index is 14.0. The van der Waals surface area contributed by atoms with Crippen LogP contribution in [0.1, 0.15) is 88.1 Å². The highest BCUT2D eigenvalue weighted by molar-refractivity contribution is 6.78. The smallest absolute Gasteiger partial charge is 0.336 e. The summed E-state index contributed by atoms with van der Waals surface area (Å²) >= 11 is 0. The lowest BCUT2D eigenvalue weighted by molar-refractivity contribution is -0.142. The molecule has 2 aromatic rings. The number of carbonyl (C=O) groups is 4.